The number of carbonyl (C=O) groups excluding carboxylic acids is 1. The van der Waals surface area contributed by atoms with Gasteiger partial charge >= 0.3 is 0 Å². The van der Waals surface area contributed by atoms with Crippen molar-refractivity contribution in [2.24, 2.45) is 0 Å². The highest BCUT2D eigenvalue weighted by atomic mass is 35.5. The first-order valence-electron chi connectivity index (χ1n) is 6.91. The van der Waals surface area contributed by atoms with Gasteiger partial charge in [-0.25, -0.2) is 4.39 Å². The van der Waals surface area contributed by atoms with E-state index in [4.69, 9.17) is 11.6 Å². The van der Waals surface area contributed by atoms with Gasteiger partial charge in [-0.05, 0) is 49.7 Å². The summed E-state index contributed by atoms with van der Waals surface area (Å²) >= 11 is 5.90. The molecule has 0 spiro atoms. The zero-order valence-electron chi connectivity index (χ0n) is 12.1. The summed E-state index contributed by atoms with van der Waals surface area (Å²) in [6.45, 7) is 5.22. The van der Waals surface area contributed by atoms with Crippen molar-refractivity contribution in [3.05, 3.63) is 58.9 Å². The first-order valence-corrected chi connectivity index (χ1v) is 7.29. The normalized spacial score (nSPS) is 10.5. The molecular weight excluding hydrogens is 289 g/mol. The minimum Gasteiger partial charge on any atom is -0.339 e. The molecule has 0 fully saturated rings. The molecule has 4 heteroatoms. The van der Waals surface area contributed by atoms with Crippen LogP contribution in [0.25, 0.3) is 11.1 Å². The molecule has 2 aromatic rings. The zero-order valence-corrected chi connectivity index (χ0v) is 12.8. The van der Waals surface area contributed by atoms with Crippen molar-refractivity contribution >= 4 is 17.5 Å². The van der Waals surface area contributed by atoms with Gasteiger partial charge in [0, 0.05) is 29.2 Å². The Morgan fingerprint density at radius 2 is 1.71 bits per heavy atom. The number of rotatable bonds is 4. The van der Waals surface area contributed by atoms with Crippen molar-refractivity contribution < 1.29 is 9.18 Å². The Kier molecular flexibility index (Phi) is 4.97. The van der Waals surface area contributed by atoms with E-state index in [2.05, 4.69) is 0 Å². The minimum atomic E-state index is -0.331. The molecule has 0 atom stereocenters. The minimum absolute atomic E-state index is 0.0156. The van der Waals surface area contributed by atoms with Crippen molar-refractivity contribution in [1.82, 2.24) is 4.90 Å². The van der Waals surface area contributed by atoms with E-state index < -0.39 is 0 Å². The predicted octanol–water partition coefficient (Wildman–Crippen LogP) is 4.63. The van der Waals surface area contributed by atoms with Gasteiger partial charge in [0.25, 0.3) is 5.91 Å². The number of hydrogen-bond acceptors (Lipinski definition) is 1. The number of hydrogen-bond donors (Lipinski definition) is 0. The van der Waals surface area contributed by atoms with Crippen molar-refractivity contribution in [2.45, 2.75) is 13.8 Å². The second kappa shape index (κ2) is 6.72. The van der Waals surface area contributed by atoms with Crippen LogP contribution in [-0.2, 0) is 0 Å². The molecule has 1 amide bonds. The molecule has 110 valence electrons. The fourth-order valence-corrected chi connectivity index (χ4v) is 2.38. The lowest BCUT2D eigenvalue weighted by Crippen LogP contribution is -2.30. The molecule has 0 heterocycles. The fraction of sp³-hybridized carbons (Fsp3) is 0.235. The molecule has 0 aromatic heterocycles. The third-order valence-electron chi connectivity index (χ3n) is 3.42. The van der Waals surface area contributed by atoms with E-state index in [0.29, 0.717) is 34.8 Å². The summed E-state index contributed by atoms with van der Waals surface area (Å²) in [7, 11) is 0. The lowest BCUT2D eigenvalue weighted by atomic mass is 10.0. The van der Waals surface area contributed by atoms with E-state index in [1.807, 2.05) is 13.8 Å². The maximum Gasteiger partial charge on any atom is 0.253 e. The first-order chi connectivity index (χ1) is 10.1. The number of amides is 1. The average Bonchev–Trinajstić information content (AvgIpc) is 2.51. The number of nitrogens with zero attached hydrogens (tertiary/aromatic N) is 1. The highest BCUT2D eigenvalue weighted by molar-refractivity contribution is 6.30. The van der Waals surface area contributed by atoms with Gasteiger partial charge in [-0.2, -0.15) is 0 Å². The average molecular weight is 306 g/mol. The molecule has 21 heavy (non-hydrogen) atoms. The van der Waals surface area contributed by atoms with Gasteiger partial charge < -0.3 is 4.90 Å². The largest absolute Gasteiger partial charge is 0.339 e. The molecule has 0 radical (unpaired) electrons. The molecule has 2 aromatic carbocycles. The molecule has 0 aliphatic rings. The molecule has 0 unspecified atom stereocenters. The van der Waals surface area contributed by atoms with Crippen molar-refractivity contribution in [2.75, 3.05) is 13.1 Å². The van der Waals surface area contributed by atoms with E-state index in [1.165, 1.54) is 12.1 Å². The van der Waals surface area contributed by atoms with Gasteiger partial charge in [-0.1, -0.05) is 23.7 Å². The lowest BCUT2D eigenvalue weighted by Gasteiger charge is -2.18. The van der Waals surface area contributed by atoms with Crippen LogP contribution in [0.2, 0.25) is 5.02 Å². The smallest absolute Gasteiger partial charge is 0.253 e. The summed E-state index contributed by atoms with van der Waals surface area (Å²) in [5, 5.41) is 0.481. The van der Waals surface area contributed by atoms with E-state index in [0.717, 1.165) is 0 Å². The SMILES string of the molecule is CCN(CC)C(=O)c1ccc(-c2cc(Cl)ccc2F)cc1. The summed E-state index contributed by atoms with van der Waals surface area (Å²) in [6.07, 6.45) is 0. The summed E-state index contributed by atoms with van der Waals surface area (Å²) < 4.78 is 13.8. The molecule has 2 rings (SSSR count). The third kappa shape index (κ3) is 3.42. The standard InChI is InChI=1S/C17H17ClFNO/c1-3-20(4-2)17(21)13-7-5-12(6-8-13)15-11-14(18)9-10-16(15)19/h5-11H,3-4H2,1-2H3. The van der Waals surface area contributed by atoms with Crippen LogP contribution >= 0.6 is 11.6 Å². The van der Waals surface area contributed by atoms with E-state index >= 15 is 0 Å². The summed E-state index contributed by atoms with van der Waals surface area (Å²) in [6, 6.07) is 11.4. The van der Waals surface area contributed by atoms with Crippen LogP contribution < -0.4 is 0 Å². The Labute approximate surface area is 129 Å². The van der Waals surface area contributed by atoms with Gasteiger partial charge in [-0.3, -0.25) is 4.79 Å². The monoisotopic (exact) mass is 305 g/mol. The molecule has 0 saturated carbocycles. The maximum absolute atomic E-state index is 13.8. The third-order valence-corrected chi connectivity index (χ3v) is 3.66. The van der Waals surface area contributed by atoms with Gasteiger partial charge in [0.05, 0.1) is 0 Å². The van der Waals surface area contributed by atoms with Crippen LogP contribution in [0.5, 0.6) is 0 Å². The molecule has 0 aliphatic carbocycles. The Balaban J connectivity index is 2.31. The number of benzene rings is 2. The Morgan fingerprint density at radius 1 is 1.10 bits per heavy atom. The van der Waals surface area contributed by atoms with Crippen molar-refractivity contribution in [3.63, 3.8) is 0 Å². The second-order valence-electron chi connectivity index (χ2n) is 4.68. The quantitative estimate of drug-likeness (QED) is 0.806. The Bertz CT molecular complexity index is 636. The highest BCUT2D eigenvalue weighted by Crippen LogP contribution is 2.26. The molecule has 0 N–H and O–H groups in total. The Morgan fingerprint density at radius 3 is 2.29 bits per heavy atom. The van der Waals surface area contributed by atoms with Crippen molar-refractivity contribution in [1.29, 1.82) is 0 Å². The van der Waals surface area contributed by atoms with Crippen LogP contribution in [0, 0.1) is 5.82 Å². The van der Waals surface area contributed by atoms with E-state index in [-0.39, 0.29) is 11.7 Å². The molecule has 0 bridgehead atoms. The van der Waals surface area contributed by atoms with Crippen LogP contribution in [0.4, 0.5) is 4.39 Å². The van der Waals surface area contributed by atoms with Crippen molar-refractivity contribution in [3.8, 4) is 11.1 Å². The van der Waals surface area contributed by atoms with Gasteiger partial charge in [0.2, 0.25) is 0 Å². The van der Waals surface area contributed by atoms with Crippen LogP contribution in [-0.4, -0.2) is 23.9 Å². The predicted molar refractivity (Wildman–Crippen MR) is 84.1 cm³/mol. The van der Waals surface area contributed by atoms with Crippen LogP contribution in [0.1, 0.15) is 24.2 Å². The van der Waals surface area contributed by atoms with Crippen LogP contribution in [0.15, 0.2) is 42.5 Å². The topological polar surface area (TPSA) is 20.3 Å². The van der Waals surface area contributed by atoms with Gasteiger partial charge in [0.15, 0.2) is 0 Å². The first kappa shape index (κ1) is 15.5. The molecule has 0 aliphatic heterocycles. The fourth-order valence-electron chi connectivity index (χ4n) is 2.20. The zero-order chi connectivity index (χ0) is 15.4. The maximum atomic E-state index is 13.8. The summed E-state index contributed by atoms with van der Waals surface area (Å²) in [5.41, 5.74) is 1.74. The number of carbonyl (C=O) groups is 1. The second-order valence-corrected chi connectivity index (χ2v) is 5.12. The Hall–Kier alpha value is -1.87. The molecular formula is C17H17ClFNO. The van der Waals surface area contributed by atoms with E-state index in [1.54, 1.807) is 35.2 Å². The van der Waals surface area contributed by atoms with Gasteiger partial charge in [-0.15, -0.1) is 0 Å². The van der Waals surface area contributed by atoms with Gasteiger partial charge in [0.1, 0.15) is 5.82 Å². The van der Waals surface area contributed by atoms with Crippen LogP contribution in [0.3, 0.4) is 0 Å². The van der Waals surface area contributed by atoms with E-state index in [9.17, 15) is 9.18 Å². The lowest BCUT2D eigenvalue weighted by molar-refractivity contribution is 0.0773. The summed E-state index contributed by atoms with van der Waals surface area (Å²) in [5.74, 6) is -0.347. The highest BCUT2D eigenvalue weighted by Gasteiger charge is 2.13. The molecule has 0 saturated heterocycles. The molecule has 2 nitrogen and oxygen atoms in total. The number of halogens is 2. The summed E-state index contributed by atoms with van der Waals surface area (Å²) in [4.78, 5) is 14.0.